The first-order valence-corrected chi connectivity index (χ1v) is 12.8. The quantitative estimate of drug-likeness (QED) is 0.659. The number of ether oxygens (including phenoxy) is 1. The molecule has 5 aliphatic rings. The Kier molecular flexibility index (Phi) is 5.62. The maximum atomic E-state index is 14.3. The molecule has 5 fully saturated rings. The Balaban J connectivity index is 1.57. The number of amides is 1. The first-order valence-electron chi connectivity index (χ1n) is 11.3. The largest absolute Gasteiger partial charge is 0.381 e. The molecule has 1 amide bonds. The molecule has 0 saturated heterocycles. The van der Waals surface area contributed by atoms with Crippen molar-refractivity contribution in [1.82, 2.24) is 10.2 Å². The summed E-state index contributed by atoms with van der Waals surface area (Å²) < 4.78 is 32.6. The molecule has 0 aromatic heterocycles. The lowest BCUT2D eigenvalue weighted by atomic mass is 9.52. The van der Waals surface area contributed by atoms with Gasteiger partial charge < -0.3 is 10.1 Å². The van der Waals surface area contributed by atoms with Crippen LogP contribution >= 0.6 is 12.2 Å². The maximum Gasteiger partial charge on any atom is 0.311 e. The van der Waals surface area contributed by atoms with Gasteiger partial charge in [0, 0.05) is 26.1 Å². The summed E-state index contributed by atoms with van der Waals surface area (Å²) in [6.45, 7) is 0. The van der Waals surface area contributed by atoms with Gasteiger partial charge in [0.25, 0.3) is 0 Å². The Hall–Kier alpha value is -1.84. The molecule has 5 aliphatic carbocycles. The molecule has 172 valence electrons. The van der Waals surface area contributed by atoms with Crippen molar-refractivity contribution in [3.8, 4) is 0 Å². The van der Waals surface area contributed by atoms with E-state index in [1.165, 1.54) is 6.42 Å². The highest BCUT2D eigenvalue weighted by molar-refractivity contribution is 7.80. The van der Waals surface area contributed by atoms with Gasteiger partial charge in [-0.2, -0.15) is 12.8 Å². The monoisotopic (exact) mass is 475 g/mol. The van der Waals surface area contributed by atoms with E-state index >= 15 is 0 Å². The molecule has 0 spiro atoms. The van der Waals surface area contributed by atoms with Gasteiger partial charge in [-0.05, 0) is 67.6 Å². The highest BCUT2D eigenvalue weighted by Crippen LogP contribution is 2.58. The molecule has 0 aliphatic heterocycles. The predicted octanol–water partition coefficient (Wildman–Crippen LogP) is 2.54. The van der Waals surface area contributed by atoms with Crippen LogP contribution < -0.4 is 5.32 Å². The van der Waals surface area contributed by atoms with E-state index in [0.717, 1.165) is 24.8 Å². The third-order valence-electron chi connectivity index (χ3n) is 8.32. The molecule has 8 atom stereocenters. The van der Waals surface area contributed by atoms with Gasteiger partial charge in [-0.3, -0.25) is 9.69 Å². The minimum atomic E-state index is -2.58. The van der Waals surface area contributed by atoms with E-state index in [9.17, 15) is 13.2 Å². The van der Waals surface area contributed by atoms with Gasteiger partial charge in [-0.15, -0.1) is 0 Å². The molecule has 1 N–H and O–H groups in total. The van der Waals surface area contributed by atoms with Gasteiger partial charge in [0.05, 0.1) is 12.1 Å². The lowest BCUT2D eigenvalue weighted by Gasteiger charge is -2.60. The fraction of sp³-hybridized carbons (Fsp3) is 0.652. The number of hydrogen-bond acceptors (Lipinski definition) is 6. The number of methoxy groups -OCH3 is 1. The zero-order chi connectivity index (χ0) is 22.6. The summed E-state index contributed by atoms with van der Waals surface area (Å²) in [5, 5.41) is 3.43. The number of carbonyl (C=O) groups excluding carboxylic acids is 1. The molecule has 0 heterocycles. The number of benzene rings is 1. The first-order chi connectivity index (χ1) is 15.4. The van der Waals surface area contributed by atoms with Gasteiger partial charge >= 0.3 is 10.5 Å². The summed E-state index contributed by atoms with van der Waals surface area (Å²) >= 11 is 5.70. The fourth-order valence-electron chi connectivity index (χ4n) is 7.17. The second-order valence-corrected chi connectivity index (χ2v) is 10.8. The Labute approximate surface area is 195 Å². The van der Waals surface area contributed by atoms with Gasteiger partial charge in [0.1, 0.15) is 5.41 Å². The Morgan fingerprint density at radius 3 is 2.56 bits per heavy atom. The van der Waals surface area contributed by atoms with Crippen molar-refractivity contribution >= 4 is 33.7 Å². The average Bonchev–Trinajstić information content (AvgIpc) is 3.50. The normalized spacial score (nSPS) is 38.8. The minimum Gasteiger partial charge on any atom is -0.381 e. The van der Waals surface area contributed by atoms with E-state index in [2.05, 4.69) is 9.68 Å². The average molecular weight is 476 g/mol. The van der Waals surface area contributed by atoms with E-state index in [1.807, 2.05) is 30.3 Å². The molecular weight excluding hydrogens is 446 g/mol. The van der Waals surface area contributed by atoms with Crippen LogP contribution in [-0.4, -0.2) is 56.7 Å². The van der Waals surface area contributed by atoms with Crippen LogP contribution in [-0.2, 0) is 25.4 Å². The van der Waals surface area contributed by atoms with Gasteiger partial charge in [0.15, 0.2) is 5.11 Å². The number of carbonyl (C=O) groups is 1. The van der Waals surface area contributed by atoms with Crippen LogP contribution in [0.2, 0.25) is 0 Å². The fourth-order valence-corrected chi connectivity index (χ4v) is 7.84. The van der Waals surface area contributed by atoms with Gasteiger partial charge in [-0.1, -0.05) is 30.3 Å². The summed E-state index contributed by atoms with van der Waals surface area (Å²) in [6.07, 6.45) is 4.91. The van der Waals surface area contributed by atoms with Crippen molar-refractivity contribution in [2.75, 3.05) is 14.2 Å². The van der Waals surface area contributed by atoms with Crippen LogP contribution in [0.3, 0.4) is 0 Å². The summed E-state index contributed by atoms with van der Waals surface area (Å²) in [5.74, 6) is 1.72. The van der Waals surface area contributed by atoms with Crippen LogP contribution in [0.5, 0.6) is 0 Å². The summed E-state index contributed by atoms with van der Waals surface area (Å²) in [5.41, 5.74) is -0.209. The van der Waals surface area contributed by atoms with E-state index in [0.29, 0.717) is 29.3 Å². The molecule has 1 aromatic rings. The first kappa shape index (κ1) is 22.0. The molecule has 4 bridgehead atoms. The topological polar surface area (TPSA) is 88.1 Å². The van der Waals surface area contributed by atoms with Gasteiger partial charge in [0.2, 0.25) is 5.91 Å². The number of thiocarbonyl (C=S) groups is 1. The van der Waals surface area contributed by atoms with E-state index in [1.54, 1.807) is 19.1 Å². The van der Waals surface area contributed by atoms with Crippen molar-refractivity contribution in [3.63, 3.8) is 0 Å². The lowest BCUT2D eigenvalue weighted by molar-refractivity contribution is -0.159. The van der Waals surface area contributed by atoms with E-state index in [-0.39, 0.29) is 24.0 Å². The number of nitrogens with one attached hydrogen (secondary N) is 1. The lowest BCUT2D eigenvalue weighted by Crippen LogP contribution is -2.66. The molecule has 6 rings (SSSR count). The maximum absolute atomic E-state index is 14.3. The SMILES string of the molecule is CNC(=S)N(C(=O)C1(c2ccccc2)CC1N=S(=O)=O)C1C2CC3CC(C2)C(OC)C1C3. The van der Waals surface area contributed by atoms with Crippen LogP contribution in [0.25, 0.3) is 0 Å². The highest BCUT2D eigenvalue weighted by Gasteiger charge is 2.66. The second-order valence-electron chi connectivity index (χ2n) is 9.79. The van der Waals surface area contributed by atoms with Gasteiger partial charge in [-0.25, -0.2) is 0 Å². The Bertz CT molecular complexity index is 1050. The molecule has 5 saturated carbocycles. The zero-order valence-electron chi connectivity index (χ0n) is 18.3. The number of nitrogens with zero attached hydrogens (tertiary/aromatic N) is 2. The molecule has 32 heavy (non-hydrogen) atoms. The second kappa shape index (κ2) is 8.18. The molecule has 9 heteroatoms. The third kappa shape index (κ3) is 3.31. The van der Waals surface area contributed by atoms with Crippen molar-refractivity contribution in [2.24, 2.45) is 28.0 Å². The zero-order valence-corrected chi connectivity index (χ0v) is 19.9. The highest BCUT2D eigenvalue weighted by atomic mass is 32.2. The van der Waals surface area contributed by atoms with Crippen molar-refractivity contribution in [3.05, 3.63) is 35.9 Å². The van der Waals surface area contributed by atoms with Crippen LogP contribution in [0.15, 0.2) is 34.7 Å². The smallest absolute Gasteiger partial charge is 0.311 e. The minimum absolute atomic E-state index is 0.0419. The van der Waals surface area contributed by atoms with Crippen LogP contribution in [0.4, 0.5) is 0 Å². The number of hydrogen-bond donors (Lipinski definition) is 1. The molecular formula is C23H29N3O4S2. The molecule has 1 aromatic carbocycles. The summed E-state index contributed by atoms with van der Waals surface area (Å²) in [4.78, 5) is 16.1. The molecule has 8 unspecified atom stereocenters. The number of rotatable bonds is 5. The molecule has 7 nitrogen and oxygen atoms in total. The standard InChI is InChI=1S/C23H29N3O4S2/c1-24-22(31)26(19-14-8-13-9-15(11-14)20(30-2)17(19)10-13)21(27)23(12-18(23)25-32(28)29)16-6-4-3-5-7-16/h3-7,13-15,17-20H,8-12H2,1-2H3,(H,24,31). The van der Waals surface area contributed by atoms with Crippen molar-refractivity contribution in [1.29, 1.82) is 0 Å². The van der Waals surface area contributed by atoms with E-state index in [4.69, 9.17) is 17.0 Å². The Morgan fingerprint density at radius 1 is 1.19 bits per heavy atom. The summed E-state index contributed by atoms with van der Waals surface area (Å²) in [6, 6.07) is 8.76. The van der Waals surface area contributed by atoms with Crippen LogP contribution in [0.1, 0.15) is 37.7 Å². The summed E-state index contributed by atoms with van der Waals surface area (Å²) in [7, 11) is 0.939. The molecule has 0 radical (unpaired) electrons. The predicted molar refractivity (Wildman–Crippen MR) is 123 cm³/mol. The van der Waals surface area contributed by atoms with E-state index < -0.39 is 22.0 Å². The Morgan fingerprint density at radius 2 is 1.91 bits per heavy atom. The van der Waals surface area contributed by atoms with Crippen molar-refractivity contribution in [2.45, 2.75) is 55.7 Å². The third-order valence-corrected chi connectivity index (χ3v) is 9.15. The van der Waals surface area contributed by atoms with Crippen molar-refractivity contribution < 1.29 is 17.9 Å². The van der Waals surface area contributed by atoms with Crippen LogP contribution in [0, 0.1) is 23.7 Å².